The molecule has 116 valence electrons. The monoisotopic (exact) mass is 301 g/mol. The van der Waals surface area contributed by atoms with E-state index < -0.39 is 0 Å². The summed E-state index contributed by atoms with van der Waals surface area (Å²) in [4.78, 5) is 27.2. The molecule has 0 spiro atoms. The molecule has 0 bridgehead atoms. The quantitative estimate of drug-likeness (QED) is 0.847. The predicted octanol–water partition coefficient (Wildman–Crippen LogP) is 1.04. The lowest BCUT2D eigenvalue weighted by Gasteiger charge is -2.28. The van der Waals surface area contributed by atoms with Crippen LogP contribution in [-0.4, -0.2) is 50.1 Å². The maximum absolute atomic E-state index is 12.8. The van der Waals surface area contributed by atoms with Gasteiger partial charge in [-0.1, -0.05) is 0 Å². The highest BCUT2D eigenvalue weighted by molar-refractivity contribution is 5.92. The first-order valence-corrected chi connectivity index (χ1v) is 7.26. The maximum Gasteiger partial charge on any atom is 0.274 e. The van der Waals surface area contributed by atoms with Crippen molar-refractivity contribution in [3.63, 3.8) is 0 Å². The van der Waals surface area contributed by atoms with E-state index in [9.17, 15) is 4.79 Å². The summed E-state index contributed by atoms with van der Waals surface area (Å²) in [6.07, 6.45) is 7.57. The summed E-state index contributed by atoms with van der Waals surface area (Å²) < 4.78 is 7.37. The molecule has 0 fully saturated rings. The van der Waals surface area contributed by atoms with Gasteiger partial charge in [-0.2, -0.15) is 0 Å². The third-order valence-corrected chi connectivity index (χ3v) is 3.89. The summed E-state index contributed by atoms with van der Waals surface area (Å²) in [6, 6.07) is 0.0144. The lowest BCUT2D eigenvalue weighted by Crippen LogP contribution is -2.42. The van der Waals surface area contributed by atoms with E-state index in [-0.39, 0.29) is 11.9 Å². The molecule has 1 amide bonds. The van der Waals surface area contributed by atoms with Crippen LogP contribution in [0.1, 0.15) is 28.3 Å². The van der Waals surface area contributed by atoms with Crippen molar-refractivity contribution < 1.29 is 9.53 Å². The number of hydrogen-bond donors (Lipinski definition) is 0. The molecule has 0 aromatic carbocycles. The number of imidazole rings is 1. The first-order valence-electron chi connectivity index (χ1n) is 7.26. The number of aromatic nitrogens is 4. The topological polar surface area (TPSA) is 73.1 Å². The highest BCUT2D eigenvalue weighted by atomic mass is 16.5. The molecule has 0 aliphatic carbocycles. The van der Waals surface area contributed by atoms with Crippen molar-refractivity contribution >= 4 is 5.91 Å². The zero-order valence-electron chi connectivity index (χ0n) is 12.8. The number of hydrogen-bond acceptors (Lipinski definition) is 5. The van der Waals surface area contributed by atoms with E-state index in [2.05, 4.69) is 19.5 Å². The Balaban J connectivity index is 1.89. The van der Waals surface area contributed by atoms with Gasteiger partial charge in [0.25, 0.3) is 5.91 Å². The fraction of sp³-hybridized carbons (Fsp3) is 0.467. The molecule has 3 heterocycles. The molecule has 0 radical (unpaired) electrons. The number of carbonyl (C=O) groups excluding carboxylic acids is 1. The molecule has 0 saturated carbocycles. The Labute approximate surface area is 129 Å². The average molecular weight is 301 g/mol. The maximum atomic E-state index is 12.8. The molecule has 22 heavy (non-hydrogen) atoms. The highest BCUT2D eigenvalue weighted by Gasteiger charge is 2.29. The number of nitrogens with zero attached hydrogens (tertiary/aromatic N) is 5. The summed E-state index contributed by atoms with van der Waals surface area (Å²) in [5, 5.41) is 0. The second-order valence-electron chi connectivity index (χ2n) is 5.45. The molecule has 1 atom stereocenters. The van der Waals surface area contributed by atoms with Gasteiger partial charge in [-0.05, 0) is 13.3 Å². The van der Waals surface area contributed by atoms with E-state index >= 15 is 0 Å². The van der Waals surface area contributed by atoms with Crippen molar-refractivity contribution in [1.82, 2.24) is 24.4 Å². The first-order chi connectivity index (χ1) is 10.7. The van der Waals surface area contributed by atoms with Gasteiger partial charge in [-0.25, -0.2) is 9.97 Å². The summed E-state index contributed by atoms with van der Waals surface area (Å²) in [7, 11) is 1.65. The SMILES string of the molecule is COCC1CCn2cncc2CN1C(=O)c1cnc(C)cn1. The minimum Gasteiger partial charge on any atom is -0.383 e. The van der Waals surface area contributed by atoms with Crippen molar-refractivity contribution in [3.05, 3.63) is 42.0 Å². The lowest BCUT2D eigenvalue weighted by molar-refractivity contribution is 0.0497. The van der Waals surface area contributed by atoms with Gasteiger partial charge in [-0.15, -0.1) is 0 Å². The van der Waals surface area contributed by atoms with Gasteiger partial charge in [0.05, 0.1) is 43.1 Å². The molecule has 7 nitrogen and oxygen atoms in total. The molecular weight excluding hydrogens is 282 g/mol. The van der Waals surface area contributed by atoms with Gasteiger partial charge in [-0.3, -0.25) is 9.78 Å². The van der Waals surface area contributed by atoms with Crippen LogP contribution in [0.5, 0.6) is 0 Å². The van der Waals surface area contributed by atoms with E-state index in [1.165, 1.54) is 6.20 Å². The fourth-order valence-corrected chi connectivity index (χ4v) is 2.68. The highest BCUT2D eigenvalue weighted by Crippen LogP contribution is 2.19. The molecule has 1 unspecified atom stereocenters. The Morgan fingerprint density at radius 3 is 2.95 bits per heavy atom. The molecule has 2 aromatic heterocycles. The van der Waals surface area contributed by atoms with Crippen LogP contribution in [0.15, 0.2) is 24.9 Å². The number of amides is 1. The smallest absolute Gasteiger partial charge is 0.274 e. The number of methoxy groups -OCH3 is 1. The summed E-state index contributed by atoms with van der Waals surface area (Å²) in [5.41, 5.74) is 2.17. The van der Waals surface area contributed by atoms with Crippen LogP contribution in [0, 0.1) is 6.92 Å². The lowest BCUT2D eigenvalue weighted by atomic mass is 10.1. The largest absolute Gasteiger partial charge is 0.383 e. The second kappa shape index (κ2) is 6.23. The molecule has 3 rings (SSSR count). The van der Waals surface area contributed by atoms with Gasteiger partial charge in [0.2, 0.25) is 0 Å². The van der Waals surface area contributed by atoms with Crippen LogP contribution in [-0.2, 0) is 17.8 Å². The van der Waals surface area contributed by atoms with E-state index in [1.807, 2.05) is 11.8 Å². The number of rotatable bonds is 3. The predicted molar refractivity (Wildman–Crippen MR) is 79.2 cm³/mol. The van der Waals surface area contributed by atoms with Crippen molar-refractivity contribution in [3.8, 4) is 0 Å². The Morgan fingerprint density at radius 2 is 2.23 bits per heavy atom. The van der Waals surface area contributed by atoms with Crippen molar-refractivity contribution in [2.24, 2.45) is 0 Å². The molecule has 1 aliphatic heterocycles. The van der Waals surface area contributed by atoms with E-state index in [1.54, 1.807) is 25.8 Å². The minimum atomic E-state index is -0.121. The summed E-state index contributed by atoms with van der Waals surface area (Å²) in [6.45, 7) is 3.68. The molecule has 2 aromatic rings. The third kappa shape index (κ3) is 2.85. The molecule has 0 saturated heterocycles. The van der Waals surface area contributed by atoms with Gasteiger partial charge in [0.1, 0.15) is 5.69 Å². The Kier molecular flexibility index (Phi) is 4.15. The van der Waals surface area contributed by atoms with Crippen molar-refractivity contribution in [2.75, 3.05) is 13.7 Å². The molecular formula is C15H19N5O2. The number of ether oxygens (including phenoxy) is 1. The van der Waals surface area contributed by atoms with Crippen LogP contribution < -0.4 is 0 Å². The zero-order valence-corrected chi connectivity index (χ0v) is 12.8. The molecule has 7 heteroatoms. The van der Waals surface area contributed by atoms with Gasteiger partial charge in [0, 0.05) is 26.0 Å². The zero-order chi connectivity index (χ0) is 15.5. The van der Waals surface area contributed by atoms with Gasteiger partial charge < -0.3 is 14.2 Å². The van der Waals surface area contributed by atoms with E-state index in [0.29, 0.717) is 18.8 Å². The average Bonchev–Trinajstić information content (AvgIpc) is 2.90. The molecule has 1 aliphatic rings. The minimum absolute atomic E-state index is 0.0144. The fourth-order valence-electron chi connectivity index (χ4n) is 2.68. The van der Waals surface area contributed by atoms with Crippen LogP contribution >= 0.6 is 0 Å². The van der Waals surface area contributed by atoms with Crippen LogP contribution in [0.2, 0.25) is 0 Å². The normalized spacial score (nSPS) is 17.9. The first kappa shape index (κ1) is 14.6. The van der Waals surface area contributed by atoms with Crippen LogP contribution in [0.4, 0.5) is 0 Å². The molecule has 0 N–H and O–H groups in total. The van der Waals surface area contributed by atoms with Gasteiger partial charge >= 0.3 is 0 Å². The summed E-state index contributed by atoms with van der Waals surface area (Å²) in [5.74, 6) is -0.121. The third-order valence-electron chi connectivity index (χ3n) is 3.89. The number of fused-ring (bicyclic) bond motifs is 1. The Morgan fingerprint density at radius 1 is 1.36 bits per heavy atom. The Bertz CT molecular complexity index is 652. The van der Waals surface area contributed by atoms with Gasteiger partial charge in [0.15, 0.2) is 0 Å². The number of carbonyl (C=O) groups is 1. The van der Waals surface area contributed by atoms with Crippen LogP contribution in [0.25, 0.3) is 0 Å². The second-order valence-corrected chi connectivity index (χ2v) is 5.45. The van der Waals surface area contributed by atoms with Crippen LogP contribution in [0.3, 0.4) is 0 Å². The van der Waals surface area contributed by atoms with E-state index in [4.69, 9.17) is 4.74 Å². The van der Waals surface area contributed by atoms with Crippen molar-refractivity contribution in [1.29, 1.82) is 0 Å². The number of aryl methyl sites for hydroxylation is 2. The van der Waals surface area contributed by atoms with E-state index in [0.717, 1.165) is 24.4 Å². The van der Waals surface area contributed by atoms with Crippen molar-refractivity contribution in [2.45, 2.75) is 32.5 Å². The standard InChI is InChI=1S/C15H19N5O2/c1-11-5-18-14(7-17-11)15(21)20-8-13-6-16-10-19(13)4-3-12(20)9-22-2/h5-7,10,12H,3-4,8-9H2,1-2H3. The Hall–Kier alpha value is -2.28. The summed E-state index contributed by atoms with van der Waals surface area (Å²) >= 11 is 0.